The van der Waals surface area contributed by atoms with Crippen molar-refractivity contribution in [3.8, 4) is 11.1 Å². The van der Waals surface area contributed by atoms with Crippen LogP contribution in [0.25, 0.3) is 11.1 Å². The summed E-state index contributed by atoms with van der Waals surface area (Å²) in [6.07, 6.45) is 2.92. The maximum Gasteiger partial charge on any atom is 0.0739 e. The van der Waals surface area contributed by atoms with Gasteiger partial charge in [0.15, 0.2) is 0 Å². The molecular formula is C22H22N2. The topological polar surface area (TPSA) is 24.4 Å². The van der Waals surface area contributed by atoms with Crippen molar-refractivity contribution in [2.75, 3.05) is 0 Å². The number of hydrogen-bond acceptors (Lipinski definition) is 2. The third-order valence-electron chi connectivity index (χ3n) is 4.02. The van der Waals surface area contributed by atoms with Crippen LogP contribution in [0.2, 0.25) is 0 Å². The summed E-state index contributed by atoms with van der Waals surface area (Å²) in [6, 6.07) is 29.8. The first-order valence-corrected chi connectivity index (χ1v) is 8.27. The van der Waals surface area contributed by atoms with Crippen molar-refractivity contribution in [3.05, 3.63) is 96.1 Å². The Balaban J connectivity index is 0.000000141. The Kier molecular flexibility index (Phi) is 5.41. The lowest BCUT2D eigenvalue weighted by Gasteiger charge is -2.09. The van der Waals surface area contributed by atoms with Gasteiger partial charge in [-0.05, 0) is 23.6 Å². The third kappa shape index (κ3) is 4.32. The van der Waals surface area contributed by atoms with Gasteiger partial charge in [0.25, 0.3) is 0 Å². The molecule has 0 aliphatic carbocycles. The highest BCUT2D eigenvalue weighted by Gasteiger charge is 2.11. The highest BCUT2D eigenvalue weighted by Crippen LogP contribution is 2.19. The molecule has 1 heterocycles. The van der Waals surface area contributed by atoms with Gasteiger partial charge >= 0.3 is 0 Å². The smallest absolute Gasteiger partial charge is 0.0739 e. The molecule has 2 nitrogen and oxygen atoms in total. The molecule has 3 aromatic carbocycles. The summed E-state index contributed by atoms with van der Waals surface area (Å²) in [5.41, 5.74) is 8.23. The lowest BCUT2D eigenvalue weighted by Crippen LogP contribution is -2.09. The average Bonchev–Trinajstić information content (AvgIpc) is 3.19. The number of nitrogens with zero attached hydrogens (tertiary/aromatic N) is 1. The first kappa shape index (κ1) is 16.0. The summed E-state index contributed by atoms with van der Waals surface area (Å²) in [5.74, 6) is 0. The molecule has 1 N–H and O–H groups in total. The average molecular weight is 314 g/mol. The zero-order chi connectivity index (χ0) is 16.6. The fourth-order valence-corrected chi connectivity index (χ4v) is 2.62. The van der Waals surface area contributed by atoms with Gasteiger partial charge in [-0.25, -0.2) is 0 Å². The first-order chi connectivity index (χ1) is 11.8. The van der Waals surface area contributed by atoms with Gasteiger partial charge in [-0.1, -0.05) is 90.5 Å². The van der Waals surface area contributed by atoms with Gasteiger partial charge < -0.3 is 5.43 Å². The number of nitrogens with one attached hydrogen (secondary N) is 1. The lowest BCUT2D eigenvalue weighted by atomic mass is 10.0. The third-order valence-corrected chi connectivity index (χ3v) is 4.02. The van der Waals surface area contributed by atoms with Crippen molar-refractivity contribution < 1.29 is 0 Å². The van der Waals surface area contributed by atoms with Crippen LogP contribution in [-0.2, 0) is 0 Å². The van der Waals surface area contributed by atoms with E-state index in [-0.39, 0.29) is 0 Å². The highest BCUT2D eigenvalue weighted by molar-refractivity contribution is 5.62. The van der Waals surface area contributed by atoms with E-state index in [9.17, 15) is 0 Å². The molecule has 2 heteroatoms. The predicted molar refractivity (Wildman–Crippen MR) is 102 cm³/mol. The minimum Gasteiger partial charge on any atom is -0.303 e. The molecule has 1 atom stereocenters. The Morgan fingerprint density at radius 2 is 1.29 bits per heavy atom. The predicted octanol–water partition coefficient (Wildman–Crippen LogP) is 5.37. The number of rotatable bonds is 2. The largest absolute Gasteiger partial charge is 0.303 e. The molecule has 0 fully saturated rings. The molecule has 1 aliphatic rings. The molecule has 0 radical (unpaired) electrons. The van der Waals surface area contributed by atoms with E-state index in [1.165, 1.54) is 22.3 Å². The van der Waals surface area contributed by atoms with E-state index in [0.717, 1.165) is 6.42 Å². The molecular weight excluding hydrogens is 292 g/mol. The zero-order valence-corrected chi connectivity index (χ0v) is 13.9. The fourth-order valence-electron chi connectivity index (χ4n) is 2.62. The van der Waals surface area contributed by atoms with Crippen molar-refractivity contribution in [1.29, 1.82) is 0 Å². The number of benzene rings is 3. The minimum atomic E-state index is 0.394. The second-order valence-electron chi connectivity index (χ2n) is 5.87. The zero-order valence-electron chi connectivity index (χ0n) is 13.9. The standard InChI is InChI=1S/C12H10.C10H12N2/c1-3-7-11(8-4-1)12-9-5-2-6-10-12;1-8-2-4-9(5-3-8)10-6-7-11-12-10/h1-10H;2-5,7,10,12H,6H2,1H3. The lowest BCUT2D eigenvalue weighted by molar-refractivity contribution is 0.620. The highest BCUT2D eigenvalue weighted by atomic mass is 15.3. The maximum absolute atomic E-state index is 3.99. The summed E-state index contributed by atoms with van der Waals surface area (Å²) < 4.78 is 0. The Bertz CT molecular complexity index is 717. The van der Waals surface area contributed by atoms with Crippen LogP contribution in [0.1, 0.15) is 23.6 Å². The summed E-state index contributed by atoms with van der Waals surface area (Å²) in [5, 5.41) is 3.99. The number of hydrogen-bond donors (Lipinski definition) is 1. The van der Waals surface area contributed by atoms with E-state index in [4.69, 9.17) is 0 Å². The van der Waals surface area contributed by atoms with Crippen molar-refractivity contribution in [3.63, 3.8) is 0 Å². The Morgan fingerprint density at radius 1 is 0.750 bits per heavy atom. The summed E-state index contributed by atoms with van der Waals surface area (Å²) in [6.45, 7) is 2.10. The molecule has 0 spiro atoms. The van der Waals surface area contributed by atoms with Gasteiger partial charge in [-0.3, -0.25) is 0 Å². The van der Waals surface area contributed by atoms with E-state index in [1.807, 2.05) is 18.3 Å². The molecule has 0 aromatic heterocycles. The molecule has 1 aliphatic heterocycles. The van der Waals surface area contributed by atoms with Gasteiger partial charge in [-0.15, -0.1) is 0 Å². The molecule has 120 valence electrons. The van der Waals surface area contributed by atoms with Crippen LogP contribution in [-0.4, -0.2) is 6.21 Å². The molecule has 0 saturated carbocycles. The van der Waals surface area contributed by atoms with E-state index in [1.54, 1.807) is 0 Å². The molecule has 0 saturated heterocycles. The second kappa shape index (κ2) is 8.11. The van der Waals surface area contributed by atoms with Crippen LogP contribution in [0.3, 0.4) is 0 Å². The molecule has 24 heavy (non-hydrogen) atoms. The summed E-state index contributed by atoms with van der Waals surface area (Å²) in [7, 11) is 0. The van der Waals surface area contributed by atoms with E-state index >= 15 is 0 Å². The van der Waals surface area contributed by atoms with Crippen molar-refractivity contribution >= 4 is 6.21 Å². The van der Waals surface area contributed by atoms with Gasteiger partial charge in [0, 0.05) is 12.6 Å². The van der Waals surface area contributed by atoms with Crippen LogP contribution in [0, 0.1) is 6.92 Å². The molecule has 1 unspecified atom stereocenters. The summed E-state index contributed by atoms with van der Waals surface area (Å²) >= 11 is 0. The van der Waals surface area contributed by atoms with Crippen LogP contribution < -0.4 is 5.43 Å². The van der Waals surface area contributed by atoms with Gasteiger partial charge in [-0.2, -0.15) is 5.10 Å². The Morgan fingerprint density at radius 3 is 1.75 bits per heavy atom. The second-order valence-corrected chi connectivity index (χ2v) is 5.87. The van der Waals surface area contributed by atoms with Gasteiger partial charge in [0.05, 0.1) is 6.04 Å². The SMILES string of the molecule is Cc1ccc(C2CC=NN2)cc1.c1ccc(-c2ccccc2)cc1. The summed E-state index contributed by atoms with van der Waals surface area (Å²) in [4.78, 5) is 0. The minimum absolute atomic E-state index is 0.394. The normalized spacial score (nSPS) is 15.3. The monoisotopic (exact) mass is 314 g/mol. The van der Waals surface area contributed by atoms with Crippen LogP contribution in [0.4, 0.5) is 0 Å². The van der Waals surface area contributed by atoms with Crippen molar-refractivity contribution in [2.24, 2.45) is 5.10 Å². The van der Waals surface area contributed by atoms with Crippen molar-refractivity contribution in [1.82, 2.24) is 5.43 Å². The Labute approximate surface area is 143 Å². The van der Waals surface area contributed by atoms with E-state index in [2.05, 4.69) is 90.2 Å². The molecule has 4 rings (SSSR count). The molecule has 3 aromatic rings. The maximum atomic E-state index is 3.99. The number of hydrazone groups is 1. The molecule has 0 amide bonds. The van der Waals surface area contributed by atoms with E-state index in [0.29, 0.717) is 6.04 Å². The van der Waals surface area contributed by atoms with Gasteiger partial charge in [0.1, 0.15) is 0 Å². The molecule has 0 bridgehead atoms. The van der Waals surface area contributed by atoms with Crippen LogP contribution in [0.15, 0.2) is 90.0 Å². The fraction of sp³-hybridized carbons (Fsp3) is 0.136. The van der Waals surface area contributed by atoms with Crippen molar-refractivity contribution in [2.45, 2.75) is 19.4 Å². The van der Waals surface area contributed by atoms with E-state index < -0.39 is 0 Å². The Hall–Kier alpha value is -2.87. The number of aryl methyl sites for hydroxylation is 1. The van der Waals surface area contributed by atoms with Crippen LogP contribution in [0.5, 0.6) is 0 Å². The van der Waals surface area contributed by atoms with Crippen LogP contribution >= 0.6 is 0 Å². The first-order valence-electron chi connectivity index (χ1n) is 8.27. The van der Waals surface area contributed by atoms with Gasteiger partial charge in [0.2, 0.25) is 0 Å². The quantitative estimate of drug-likeness (QED) is 0.675.